The van der Waals surface area contributed by atoms with Crippen LogP contribution in [0.25, 0.3) is 0 Å². The van der Waals surface area contributed by atoms with Crippen molar-refractivity contribution >= 4 is 23.2 Å². The number of aromatic nitrogens is 2. The lowest BCUT2D eigenvalue weighted by molar-refractivity contribution is 0.0156. The first-order valence-electron chi connectivity index (χ1n) is 5.04. The van der Waals surface area contributed by atoms with E-state index in [2.05, 4.69) is 9.97 Å². The van der Waals surface area contributed by atoms with Crippen LogP contribution in [-0.4, -0.2) is 22.7 Å². The summed E-state index contributed by atoms with van der Waals surface area (Å²) in [7, 11) is 0. The molecule has 0 aromatic carbocycles. The monoisotopic (exact) mass is 246 g/mol. The number of hydrogen-bond donors (Lipinski definition) is 0. The van der Waals surface area contributed by atoms with Crippen LogP contribution in [0.1, 0.15) is 25.1 Å². The van der Waals surface area contributed by atoms with Crippen molar-refractivity contribution in [3.05, 3.63) is 22.2 Å². The van der Waals surface area contributed by atoms with Crippen LogP contribution >= 0.6 is 23.2 Å². The van der Waals surface area contributed by atoms with Gasteiger partial charge < -0.3 is 4.74 Å². The number of halogens is 2. The molecular formula is C10H12Cl2N2O. The molecule has 1 aliphatic rings. The maximum absolute atomic E-state index is 5.79. The summed E-state index contributed by atoms with van der Waals surface area (Å²) in [6, 6.07) is 1.54. The second-order valence-corrected chi connectivity index (χ2v) is 4.40. The Bertz CT molecular complexity index is 320. The minimum atomic E-state index is 0.216. The molecule has 1 aromatic rings. The van der Waals surface area contributed by atoms with Gasteiger partial charge in [0.25, 0.3) is 0 Å². The topological polar surface area (TPSA) is 35.0 Å². The Labute approximate surface area is 98.8 Å². The molecule has 0 bridgehead atoms. The first-order valence-corrected chi connectivity index (χ1v) is 5.80. The molecule has 0 saturated carbocycles. The van der Waals surface area contributed by atoms with Crippen LogP contribution in [0.4, 0.5) is 0 Å². The van der Waals surface area contributed by atoms with Crippen LogP contribution in [0.2, 0.25) is 10.3 Å². The van der Waals surface area contributed by atoms with Gasteiger partial charge in [0.05, 0.1) is 6.10 Å². The Morgan fingerprint density at radius 3 is 2.60 bits per heavy atom. The van der Waals surface area contributed by atoms with Crippen molar-refractivity contribution in [3.8, 4) is 0 Å². The van der Waals surface area contributed by atoms with Crippen molar-refractivity contribution in [2.45, 2.75) is 31.8 Å². The van der Waals surface area contributed by atoms with Gasteiger partial charge in [-0.3, -0.25) is 0 Å². The molecule has 1 unspecified atom stereocenters. The molecule has 1 atom stereocenters. The third-order valence-corrected chi connectivity index (χ3v) is 2.78. The van der Waals surface area contributed by atoms with E-state index in [1.54, 1.807) is 0 Å². The molecule has 0 aliphatic carbocycles. The number of nitrogens with zero attached hydrogens (tertiary/aromatic N) is 2. The fourth-order valence-electron chi connectivity index (χ4n) is 1.70. The summed E-state index contributed by atoms with van der Waals surface area (Å²) >= 11 is 11.6. The van der Waals surface area contributed by atoms with Crippen LogP contribution < -0.4 is 0 Å². The quantitative estimate of drug-likeness (QED) is 0.753. The molecule has 15 heavy (non-hydrogen) atoms. The Morgan fingerprint density at radius 2 is 2.00 bits per heavy atom. The summed E-state index contributed by atoms with van der Waals surface area (Å²) in [5, 5.41) is 0.779. The van der Waals surface area contributed by atoms with Gasteiger partial charge in [0.1, 0.15) is 16.1 Å². The molecule has 5 heteroatoms. The average molecular weight is 247 g/mol. The van der Waals surface area contributed by atoms with Gasteiger partial charge in [-0.25, -0.2) is 9.97 Å². The van der Waals surface area contributed by atoms with Gasteiger partial charge >= 0.3 is 0 Å². The van der Waals surface area contributed by atoms with E-state index in [1.165, 1.54) is 12.5 Å². The average Bonchev–Trinajstić information content (AvgIpc) is 2.17. The standard InChI is InChI=1S/C10H12Cl2N2O/c11-8-6-9(12)14-10(13-8)5-7-3-1-2-4-15-7/h6-7H,1-5H2. The Morgan fingerprint density at radius 1 is 1.27 bits per heavy atom. The van der Waals surface area contributed by atoms with E-state index in [4.69, 9.17) is 27.9 Å². The summed E-state index contributed by atoms with van der Waals surface area (Å²) < 4.78 is 5.60. The second kappa shape index (κ2) is 5.10. The molecule has 0 N–H and O–H groups in total. The highest BCUT2D eigenvalue weighted by molar-refractivity contribution is 6.33. The minimum Gasteiger partial charge on any atom is -0.378 e. The molecule has 1 aliphatic heterocycles. The van der Waals surface area contributed by atoms with Crippen LogP contribution in [0.3, 0.4) is 0 Å². The lowest BCUT2D eigenvalue weighted by atomic mass is 10.1. The van der Waals surface area contributed by atoms with E-state index >= 15 is 0 Å². The zero-order valence-electron chi connectivity index (χ0n) is 8.25. The summed E-state index contributed by atoms with van der Waals surface area (Å²) in [5.74, 6) is 0.666. The van der Waals surface area contributed by atoms with Crippen molar-refractivity contribution < 1.29 is 4.74 Å². The van der Waals surface area contributed by atoms with E-state index in [9.17, 15) is 0 Å². The minimum absolute atomic E-state index is 0.216. The van der Waals surface area contributed by atoms with Crippen LogP contribution in [0.5, 0.6) is 0 Å². The molecule has 82 valence electrons. The van der Waals surface area contributed by atoms with E-state index in [-0.39, 0.29) is 6.10 Å². The Hall–Kier alpha value is -0.380. The van der Waals surface area contributed by atoms with E-state index in [1.807, 2.05) is 0 Å². The fourth-order valence-corrected chi connectivity index (χ4v) is 2.16. The highest BCUT2D eigenvalue weighted by Crippen LogP contribution is 2.18. The highest BCUT2D eigenvalue weighted by Gasteiger charge is 2.16. The number of hydrogen-bond acceptors (Lipinski definition) is 3. The highest BCUT2D eigenvalue weighted by atomic mass is 35.5. The molecule has 1 fully saturated rings. The Balaban J connectivity index is 2.02. The van der Waals surface area contributed by atoms with Crippen molar-refractivity contribution in [1.29, 1.82) is 0 Å². The molecular weight excluding hydrogens is 235 g/mol. The van der Waals surface area contributed by atoms with Crippen molar-refractivity contribution in [2.75, 3.05) is 6.61 Å². The summed E-state index contributed by atoms with van der Waals surface area (Å²) in [6.07, 6.45) is 4.33. The zero-order chi connectivity index (χ0) is 10.7. The molecule has 2 rings (SSSR count). The molecule has 0 radical (unpaired) electrons. The van der Waals surface area contributed by atoms with Crippen LogP contribution in [0, 0.1) is 0 Å². The van der Waals surface area contributed by atoms with Gasteiger partial charge in [0, 0.05) is 19.1 Å². The number of ether oxygens (including phenoxy) is 1. The maximum Gasteiger partial charge on any atom is 0.134 e. The van der Waals surface area contributed by atoms with Crippen molar-refractivity contribution in [1.82, 2.24) is 9.97 Å². The fraction of sp³-hybridized carbons (Fsp3) is 0.600. The maximum atomic E-state index is 5.79. The largest absolute Gasteiger partial charge is 0.378 e. The summed E-state index contributed by atoms with van der Waals surface area (Å²) in [6.45, 7) is 0.832. The molecule has 1 saturated heterocycles. The van der Waals surface area contributed by atoms with Gasteiger partial charge in [-0.1, -0.05) is 23.2 Å². The van der Waals surface area contributed by atoms with Gasteiger partial charge in [0.15, 0.2) is 0 Å². The smallest absolute Gasteiger partial charge is 0.134 e. The lowest BCUT2D eigenvalue weighted by Crippen LogP contribution is -2.22. The first-order chi connectivity index (χ1) is 7.24. The van der Waals surface area contributed by atoms with E-state index in [0.29, 0.717) is 22.6 Å². The van der Waals surface area contributed by atoms with Gasteiger partial charge in [-0.05, 0) is 19.3 Å². The third kappa shape index (κ3) is 3.30. The molecule has 3 nitrogen and oxygen atoms in total. The Kier molecular flexibility index (Phi) is 3.78. The third-order valence-electron chi connectivity index (χ3n) is 2.39. The molecule has 0 spiro atoms. The SMILES string of the molecule is Clc1cc(Cl)nc(CC2CCCCO2)n1. The van der Waals surface area contributed by atoms with Gasteiger partial charge in [-0.15, -0.1) is 0 Å². The van der Waals surface area contributed by atoms with Crippen LogP contribution in [-0.2, 0) is 11.2 Å². The van der Waals surface area contributed by atoms with Gasteiger partial charge in [0.2, 0.25) is 0 Å². The van der Waals surface area contributed by atoms with E-state index in [0.717, 1.165) is 19.4 Å². The molecule has 2 heterocycles. The zero-order valence-corrected chi connectivity index (χ0v) is 9.76. The van der Waals surface area contributed by atoms with Crippen molar-refractivity contribution in [2.24, 2.45) is 0 Å². The predicted octanol–water partition coefficient (Wildman–Crippen LogP) is 2.90. The lowest BCUT2D eigenvalue weighted by Gasteiger charge is -2.21. The van der Waals surface area contributed by atoms with Crippen LogP contribution in [0.15, 0.2) is 6.07 Å². The second-order valence-electron chi connectivity index (χ2n) is 3.62. The predicted molar refractivity (Wildman–Crippen MR) is 59.3 cm³/mol. The normalized spacial score (nSPS) is 21.6. The molecule has 0 amide bonds. The summed E-state index contributed by atoms with van der Waals surface area (Å²) in [5.41, 5.74) is 0. The molecule has 1 aromatic heterocycles. The number of rotatable bonds is 2. The van der Waals surface area contributed by atoms with Crippen molar-refractivity contribution in [3.63, 3.8) is 0 Å². The van der Waals surface area contributed by atoms with E-state index < -0.39 is 0 Å². The first kappa shape index (κ1) is 11.1. The summed E-state index contributed by atoms with van der Waals surface area (Å²) in [4.78, 5) is 8.24. The van der Waals surface area contributed by atoms with Gasteiger partial charge in [-0.2, -0.15) is 0 Å².